The standard InChI is InChI=1S/C23H22F5N3O2.C23H25F2N3O3.2C22H22ClF2N3O2/c24-16-10-17(25)12-18(11-16)29-20(32)13-31-21(33)30(14-22(31)8-2-1-3-9-22)19-6-4-15(5-7-19)23(26,27)28;1-31-20-7-5-19(6-8-20)27-15-23(9-3-2-4-10-23)28(22(27)30)14-21(29)26-18-12-16(24)11-17(25)13-18;23-15-4-7-17(8-5-15)27-14-22(10-2-1-3-11-22)28(21(27)30)13-20(29)26-16-6-9-18(24)19(25)12-16;23-15-4-6-19(7-5-15)27-14-22(8-2-1-3-9-22)28(21(27)30)13-20(29)26-18-11-16(24)10-17(25)12-18/h4-7,10-12H,1-3,8-9,13-14H2,(H,29,32);5-8,11-13H,2-4,9-10,14-15H2,1H3,(H,26,29);4-9,12H,1-3,10-11,13-14H2,(H,26,29);4-7,10-12H,1-3,8-9,13-14H2,(H,26,29). The number of nitrogens with one attached hydrogen (secondary N) is 4. The second-order valence-corrected chi connectivity index (χ2v) is 33.3. The Hall–Kier alpha value is -11.7. The molecular weight excluding hydrogens is 1670 g/mol. The molecule has 4 N–H and O–H groups in total. The minimum absolute atomic E-state index is 0.0244. The first-order valence-corrected chi connectivity index (χ1v) is 41.7. The number of nitrogens with zero attached hydrogens (tertiary/aromatic N) is 8. The van der Waals surface area contributed by atoms with E-state index in [9.17, 15) is 86.7 Å². The molecule has 8 fully saturated rings. The van der Waals surface area contributed by atoms with E-state index in [1.54, 1.807) is 97.2 Å². The van der Waals surface area contributed by atoms with Gasteiger partial charge in [0.25, 0.3) is 0 Å². The topological polar surface area (TPSA) is 220 Å². The van der Waals surface area contributed by atoms with Gasteiger partial charge in [-0.25, -0.2) is 54.3 Å². The summed E-state index contributed by atoms with van der Waals surface area (Å²) in [6.45, 7) is 0.904. The summed E-state index contributed by atoms with van der Waals surface area (Å²) in [5.41, 5.74) is -0.0816. The number of amides is 12. The third kappa shape index (κ3) is 21.2. The number of ether oxygens (including phenoxy) is 1. The van der Waals surface area contributed by atoms with Crippen molar-refractivity contribution in [1.29, 1.82) is 0 Å². The number of rotatable bonds is 17. The number of hydrogen-bond acceptors (Lipinski definition) is 9. The second kappa shape index (κ2) is 38.6. The van der Waals surface area contributed by atoms with Crippen molar-refractivity contribution >= 4 is 116 Å². The first-order valence-electron chi connectivity index (χ1n) is 40.9. The lowest BCUT2D eigenvalue weighted by molar-refractivity contribution is -0.137. The molecule has 656 valence electrons. The van der Waals surface area contributed by atoms with E-state index in [4.69, 9.17) is 27.9 Å². The molecule has 12 amide bonds. The number of hydrogen-bond donors (Lipinski definition) is 4. The van der Waals surface area contributed by atoms with Crippen LogP contribution in [0.25, 0.3) is 0 Å². The van der Waals surface area contributed by atoms with Crippen molar-refractivity contribution in [2.45, 2.75) is 157 Å². The summed E-state index contributed by atoms with van der Waals surface area (Å²) in [5.74, 6) is -8.17. The molecular formula is C90H91Cl2F11N12O9. The first kappa shape index (κ1) is 90.1. The Morgan fingerprint density at radius 3 is 0.831 bits per heavy atom. The van der Waals surface area contributed by atoms with Crippen molar-refractivity contribution in [1.82, 2.24) is 19.6 Å². The van der Waals surface area contributed by atoms with Crippen LogP contribution in [0.2, 0.25) is 10.0 Å². The van der Waals surface area contributed by atoms with E-state index in [1.807, 2.05) is 12.1 Å². The third-order valence-electron chi connectivity index (χ3n) is 24.1. The molecule has 0 bridgehead atoms. The van der Waals surface area contributed by atoms with Gasteiger partial charge in [0, 0.05) is 79.8 Å². The summed E-state index contributed by atoms with van der Waals surface area (Å²) in [5, 5.41) is 11.2. The van der Waals surface area contributed by atoms with Crippen LogP contribution in [0.15, 0.2) is 170 Å². The van der Waals surface area contributed by atoms with Gasteiger partial charge < -0.3 is 45.6 Å². The number of alkyl halides is 3. The molecule has 34 heteroatoms. The summed E-state index contributed by atoms with van der Waals surface area (Å²) in [7, 11) is 1.58. The molecule has 0 unspecified atom stereocenters. The zero-order valence-electron chi connectivity index (χ0n) is 67.6. The minimum Gasteiger partial charge on any atom is -0.497 e. The Morgan fingerprint density at radius 2 is 0.581 bits per heavy atom. The van der Waals surface area contributed by atoms with Gasteiger partial charge in [0.2, 0.25) is 23.6 Å². The van der Waals surface area contributed by atoms with Crippen molar-refractivity contribution in [3.8, 4) is 5.75 Å². The SMILES string of the molecule is COc1ccc(N2CC3(CCCCC3)N(CC(=O)Nc3cc(F)cc(F)c3)C2=O)cc1.O=C(CN1C(=O)N(c2ccc(C(F)(F)F)cc2)CC12CCCCC2)Nc1cc(F)cc(F)c1.O=C(CN1C(=O)N(c2ccc(Cl)cc2)CC12CCCCC2)Nc1cc(F)cc(F)c1.O=C(CN1C(=O)N(c2ccc(Cl)cc2)CC12CCCCC2)Nc1ccc(F)c(F)c1. The summed E-state index contributed by atoms with van der Waals surface area (Å²) < 4.78 is 151. The molecule has 124 heavy (non-hydrogen) atoms. The van der Waals surface area contributed by atoms with Gasteiger partial charge in [0.05, 0.1) is 61.0 Å². The highest BCUT2D eigenvalue weighted by atomic mass is 35.5. The van der Waals surface area contributed by atoms with Crippen molar-refractivity contribution in [3.63, 3.8) is 0 Å². The molecule has 8 aliphatic rings. The van der Waals surface area contributed by atoms with Gasteiger partial charge in [-0.05, 0) is 197 Å². The predicted octanol–water partition coefficient (Wildman–Crippen LogP) is 20.5. The highest BCUT2D eigenvalue weighted by Crippen LogP contribution is 2.47. The van der Waals surface area contributed by atoms with Crippen LogP contribution in [0.5, 0.6) is 5.75 Å². The maximum absolute atomic E-state index is 13.5. The number of anilines is 8. The molecule has 4 aliphatic carbocycles. The number of urea groups is 4. The van der Waals surface area contributed by atoms with Crippen LogP contribution in [0.3, 0.4) is 0 Å². The monoisotopic (exact) mass is 1760 g/mol. The van der Waals surface area contributed by atoms with Crippen LogP contribution in [-0.4, -0.2) is 149 Å². The molecule has 0 atom stereocenters. The maximum atomic E-state index is 13.5. The Morgan fingerprint density at radius 1 is 0.331 bits per heavy atom. The molecule has 0 aromatic heterocycles. The Bertz CT molecular complexity index is 5170. The zero-order valence-corrected chi connectivity index (χ0v) is 69.1. The average molecular weight is 1760 g/mol. The van der Waals surface area contributed by atoms with Gasteiger partial charge in [0.1, 0.15) is 66.8 Å². The quantitative estimate of drug-likeness (QED) is 0.0636. The van der Waals surface area contributed by atoms with Crippen LogP contribution < -0.4 is 45.6 Å². The van der Waals surface area contributed by atoms with E-state index in [0.29, 0.717) is 60.0 Å². The van der Waals surface area contributed by atoms with Gasteiger partial charge in [-0.1, -0.05) is 100 Å². The molecule has 4 saturated heterocycles. The number of halogens is 13. The van der Waals surface area contributed by atoms with Crippen LogP contribution in [0, 0.1) is 46.5 Å². The summed E-state index contributed by atoms with van der Waals surface area (Å²) in [6, 6.07) is 35.9. The fourth-order valence-electron chi connectivity index (χ4n) is 18.1. The van der Waals surface area contributed by atoms with E-state index in [1.165, 1.54) is 28.0 Å². The smallest absolute Gasteiger partial charge is 0.416 e. The normalized spacial score (nSPS) is 18.1. The third-order valence-corrected chi connectivity index (χ3v) is 24.6. The largest absolute Gasteiger partial charge is 0.497 e. The summed E-state index contributed by atoms with van der Waals surface area (Å²) in [4.78, 5) is 117. The molecule has 0 radical (unpaired) electrons. The lowest BCUT2D eigenvalue weighted by Gasteiger charge is -2.39. The van der Waals surface area contributed by atoms with E-state index in [-0.39, 0.29) is 73.6 Å². The van der Waals surface area contributed by atoms with Crippen molar-refractivity contribution in [2.24, 2.45) is 0 Å². The molecule has 4 heterocycles. The highest BCUT2D eigenvalue weighted by Gasteiger charge is 2.55. The summed E-state index contributed by atoms with van der Waals surface area (Å²) >= 11 is 11.9. The number of benzene rings is 8. The van der Waals surface area contributed by atoms with Gasteiger partial charge in [-0.15, -0.1) is 0 Å². The maximum Gasteiger partial charge on any atom is 0.416 e. The molecule has 8 aromatic carbocycles. The van der Waals surface area contributed by atoms with E-state index < -0.39 is 110 Å². The zero-order chi connectivity index (χ0) is 88.4. The number of methoxy groups -OCH3 is 1. The molecule has 4 saturated carbocycles. The fraction of sp³-hybridized carbons (Fsp3) is 0.378. The second-order valence-electron chi connectivity index (χ2n) is 32.5. The number of carbonyl (C=O) groups excluding carboxylic acids is 8. The van der Waals surface area contributed by atoms with Gasteiger partial charge in [-0.3, -0.25) is 38.8 Å². The van der Waals surface area contributed by atoms with Gasteiger partial charge in [-0.2, -0.15) is 13.2 Å². The Balaban J connectivity index is 0.000000142. The van der Waals surface area contributed by atoms with Gasteiger partial charge >= 0.3 is 30.3 Å². The lowest BCUT2D eigenvalue weighted by atomic mass is 9.81. The van der Waals surface area contributed by atoms with Crippen LogP contribution in [0.4, 0.5) is 113 Å². The molecule has 21 nitrogen and oxygen atoms in total. The minimum atomic E-state index is -4.49. The highest BCUT2D eigenvalue weighted by molar-refractivity contribution is 6.31. The van der Waals surface area contributed by atoms with Crippen molar-refractivity contribution < 1.29 is 91.4 Å². The number of carbonyl (C=O) groups is 8. The fourth-order valence-corrected chi connectivity index (χ4v) is 18.4. The molecule has 4 spiro atoms. The van der Waals surface area contributed by atoms with E-state index in [2.05, 4.69) is 21.3 Å². The average Bonchev–Trinajstić information content (AvgIpc) is 1.61. The molecule has 4 aliphatic heterocycles. The van der Waals surface area contributed by atoms with Crippen molar-refractivity contribution in [2.75, 3.05) is 100 Å². The predicted molar refractivity (Wildman–Crippen MR) is 448 cm³/mol. The first-order chi connectivity index (χ1) is 59.2. The Labute approximate surface area is 718 Å². The van der Waals surface area contributed by atoms with Gasteiger partial charge in [0.15, 0.2) is 11.6 Å². The Kier molecular flexibility index (Phi) is 28.0. The van der Waals surface area contributed by atoms with Crippen LogP contribution in [0.1, 0.15) is 134 Å². The van der Waals surface area contributed by atoms with Crippen LogP contribution in [-0.2, 0) is 25.4 Å². The molecule has 8 aromatic rings. The lowest BCUT2D eigenvalue weighted by Crippen LogP contribution is -2.51. The van der Waals surface area contributed by atoms with E-state index in [0.717, 1.165) is 205 Å². The molecule has 16 rings (SSSR count). The van der Waals surface area contributed by atoms with E-state index >= 15 is 0 Å². The summed E-state index contributed by atoms with van der Waals surface area (Å²) in [6.07, 6.45) is 13.6. The van der Waals surface area contributed by atoms with Crippen LogP contribution >= 0.6 is 23.2 Å². The van der Waals surface area contributed by atoms with Crippen molar-refractivity contribution in [3.05, 3.63) is 232 Å².